The number of carbonyl (C=O) groups is 1. The van der Waals surface area contributed by atoms with Crippen LogP contribution in [0.1, 0.15) is 29.3 Å². The Kier molecular flexibility index (Phi) is 4.65. The Morgan fingerprint density at radius 1 is 1.48 bits per heavy atom. The van der Waals surface area contributed by atoms with Crippen LogP contribution in [0, 0.1) is 6.92 Å². The van der Waals surface area contributed by atoms with Crippen molar-refractivity contribution in [2.75, 3.05) is 19.8 Å². The highest BCUT2D eigenvalue weighted by Crippen LogP contribution is 2.26. The summed E-state index contributed by atoms with van der Waals surface area (Å²) in [7, 11) is -3.72. The van der Waals surface area contributed by atoms with Crippen molar-refractivity contribution in [3.8, 4) is 0 Å². The van der Waals surface area contributed by atoms with Crippen LogP contribution in [0.25, 0.3) is 0 Å². The van der Waals surface area contributed by atoms with E-state index in [1.807, 2.05) is 6.92 Å². The minimum atomic E-state index is -3.72. The van der Waals surface area contributed by atoms with Gasteiger partial charge >= 0.3 is 5.97 Å². The fraction of sp³-hybridized carbons (Fsp3) is 0.500. The number of benzene rings is 1. The Bertz CT molecular complexity index is 641. The van der Waals surface area contributed by atoms with Gasteiger partial charge in [-0.3, -0.25) is 0 Å². The van der Waals surface area contributed by atoms with Crippen LogP contribution in [0.4, 0.5) is 0 Å². The predicted molar refractivity (Wildman–Crippen MR) is 76.9 cm³/mol. The van der Waals surface area contributed by atoms with Crippen LogP contribution in [0.15, 0.2) is 23.1 Å². The van der Waals surface area contributed by atoms with Crippen molar-refractivity contribution in [1.82, 2.24) is 4.31 Å². The molecule has 2 rings (SSSR count). The van der Waals surface area contributed by atoms with Crippen molar-refractivity contribution in [3.63, 3.8) is 0 Å². The van der Waals surface area contributed by atoms with Crippen LogP contribution in [-0.4, -0.2) is 49.6 Å². The van der Waals surface area contributed by atoms with Crippen LogP contribution >= 0.6 is 0 Å². The molecule has 1 aromatic carbocycles. The van der Waals surface area contributed by atoms with E-state index in [-0.39, 0.29) is 28.6 Å². The van der Waals surface area contributed by atoms with Crippen molar-refractivity contribution < 1.29 is 23.1 Å². The summed E-state index contributed by atoms with van der Waals surface area (Å²) in [6.45, 7) is 4.44. The van der Waals surface area contributed by atoms with Gasteiger partial charge in [-0.2, -0.15) is 4.31 Å². The Labute approximate surface area is 124 Å². The van der Waals surface area contributed by atoms with E-state index < -0.39 is 16.0 Å². The monoisotopic (exact) mass is 313 g/mol. The third-order valence-corrected chi connectivity index (χ3v) is 5.84. The Morgan fingerprint density at radius 2 is 2.19 bits per heavy atom. The number of morpholine rings is 1. The predicted octanol–water partition coefficient (Wildman–Crippen LogP) is 1.49. The zero-order valence-corrected chi connectivity index (χ0v) is 12.9. The van der Waals surface area contributed by atoms with E-state index in [0.29, 0.717) is 19.6 Å². The maximum Gasteiger partial charge on any atom is 0.335 e. The van der Waals surface area contributed by atoms with E-state index in [2.05, 4.69) is 0 Å². The van der Waals surface area contributed by atoms with Crippen LogP contribution in [-0.2, 0) is 14.8 Å². The summed E-state index contributed by atoms with van der Waals surface area (Å²) in [4.78, 5) is 11.2. The summed E-state index contributed by atoms with van der Waals surface area (Å²) in [6, 6.07) is 4.12. The first-order valence-electron chi connectivity index (χ1n) is 6.82. The lowest BCUT2D eigenvalue weighted by atomic mass is 10.1. The van der Waals surface area contributed by atoms with E-state index in [0.717, 1.165) is 0 Å². The van der Waals surface area contributed by atoms with Crippen molar-refractivity contribution in [2.45, 2.75) is 31.2 Å². The number of sulfonamides is 1. The third kappa shape index (κ3) is 2.95. The number of rotatable bonds is 4. The molecule has 0 spiro atoms. The van der Waals surface area contributed by atoms with Crippen LogP contribution in [0.2, 0.25) is 0 Å². The number of ether oxygens (including phenoxy) is 1. The summed E-state index contributed by atoms with van der Waals surface area (Å²) in [5.74, 6) is -1.13. The second kappa shape index (κ2) is 6.13. The number of hydrogen-bond donors (Lipinski definition) is 1. The van der Waals surface area contributed by atoms with Gasteiger partial charge < -0.3 is 9.84 Å². The average molecular weight is 313 g/mol. The molecule has 1 unspecified atom stereocenters. The quantitative estimate of drug-likeness (QED) is 0.910. The lowest BCUT2D eigenvalue weighted by molar-refractivity contribution is 0.0314. The normalized spacial score (nSPS) is 20.4. The maximum absolute atomic E-state index is 12.8. The van der Waals surface area contributed by atoms with Crippen molar-refractivity contribution >= 4 is 16.0 Å². The van der Waals surface area contributed by atoms with Crippen LogP contribution < -0.4 is 0 Å². The molecule has 1 aliphatic rings. The van der Waals surface area contributed by atoms with Gasteiger partial charge in [0.2, 0.25) is 10.0 Å². The fourth-order valence-corrected chi connectivity index (χ4v) is 4.45. The zero-order chi connectivity index (χ0) is 15.6. The molecule has 21 heavy (non-hydrogen) atoms. The number of aromatic carboxylic acids is 1. The molecule has 1 fully saturated rings. The summed E-state index contributed by atoms with van der Waals surface area (Å²) < 4.78 is 32.4. The van der Waals surface area contributed by atoms with Gasteiger partial charge in [0, 0.05) is 12.6 Å². The second-order valence-corrected chi connectivity index (χ2v) is 6.85. The van der Waals surface area contributed by atoms with Gasteiger partial charge in [0.1, 0.15) is 0 Å². The number of hydrogen-bond acceptors (Lipinski definition) is 4. The van der Waals surface area contributed by atoms with Crippen molar-refractivity contribution in [2.24, 2.45) is 0 Å². The lowest BCUT2D eigenvalue weighted by Gasteiger charge is -2.34. The Hall–Kier alpha value is -1.44. The molecule has 0 saturated carbocycles. The van der Waals surface area contributed by atoms with Crippen molar-refractivity contribution in [1.29, 1.82) is 0 Å². The zero-order valence-electron chi connectivity index (χ0n) is 12.1. The van der Waals surface area contributed by atoms with Gasteiger partial charge in [-0.1, -0.05) is 13.0 Å². The van der Waals surface area contributed by atoms with Crippen molar-refractivity contribution in [3.05, 3.63) is 29.3 Å². The summed E-state index contributed by atoms with van der Waals surface area (Å²) in [6.07, 6.45) is 0.650. The van der Waals surface area contributed by atoms with Crippen LogP contribution in [0.5, 0.6) is 0 Å². The van der Waals surface area contributed by atoms with Gasteiger partial charge in [-0.15, -0.1) is 0 Å². The highest BCUT2D eigenvalue weighted by Gasteiger charge is 2.34. The summed E-state index contributed by atoms with van der Waals surface area (Å²) in [5.41, 5.74) is 0.281. The van der Waals surface area contributed by atoms with Gasteiger partial charge in [-0.05, 0) is 31.0 Å². The molecule has 1 aliphatic heterocycles. The fourth-order valence-electron chi connectivity index (χ4n) is 2.53. The standard InChI is InChI=1S/C14H19NO5S/c1-3-11-9-20-8-7-15(11)21(18,19)13-6-4-5-12(10(13)2)14(16)17/h4-6,11H,3,7-9H2,1-2H3,(H,16,17). The molecule has 1 atom stereocenters. The molecular formula is C14H19NO5S. The third-order valence-electron chi connectivity index (χ3n) is 3.75. The van der Waals surface area contributed by atoms with Gasteiger partial charge in [-0.25, -0.2) is 13.2 Å². The molecule has 6 nitrogen and oxygen atoms in total. The molecule has 7 heteroatoms. The highest BCUT2D eigenvalue weighted by atomic mass is 32.2. The maximum atomic E-state index is 12.8. The SMILES string of the molecule is CCC1COCCN1S(=O)(=O)c1cccc(C(=O)O)c1C. The minimum absolute atomic E-state index is 0.0115. The molecule has 1 heterocycles. The van der Waals surface area contributed by atoms with E-state index in [9.17, 15) is 13.2 Å². The molecule has 0 aliphatic carbocycles. The number of carboxylic acids is 1. The van der Waals surface area contributed by atoms with Gasteiger partial charge in [0.25, 0.3) is 0 Å². The molecular weight excluding hydrogens is 294 g/mol. The smallest absolute Gasteiger partial charge is 0.335 e. The van der Waals surface area contributed by atoms with Crippen LogP contribution in [0.3, 0.4) is 0 Å². The first-order valence-corrected chi connectivity index (χ1v) is 8.26. The minimum Gasteiger partial charge on any atom is -0.478 e. The molecule has 1 N–H and O–H groups in total. The highest BCUT2D eigenvalue weighted by molar-refractivity contribution is 7.89. The number of carboxylic acid groups (broad SMARTS) is 1. The summed E-state index contributed by atoms with van der Waals surface area (Å²) in [5, 5.41) is 9.14. The topological polar surface area (TPSA) is 83.9 Å². The number of nitrogens with zero attached hydrogens (tertiary/aromatic N) is 1. The molecule has 0 aromatic heterocycles. The van der Waals surface area contributed by atoms with E-state index in [1.165, 1.54) is 29.4 Å². The first kappa shape index (κ1) is 15.9. The molecule has 1 aromatic rings. The first-order chi connectivity index (χ1) is 9.89. The second-order valence-electron chi connectivity index (χ2n) is 4.99. The van der Waals surface area contributed by atoms with Gasteiger partial charge in [0.05, 0.1) is 23.7 Å². The molecule has 116 valence electrons. The molecule has 0 radical (unpaired) electrons. The lowest BCUT2D eigenvalue weighted by Crippen LogP contribution is -2.48. The molecule has 1 saturated heterocycles. The molecule has 0 amide bonds. The average Bonchev–Trinajstić information content (AvgIpc) is 2.46. The van der Waals surface area contributed by atoms with E-state index in [4.69, 9.17) is 9.84 Å². The largest absolute Gasteiger partial charge is 0.478 e. The Balaban J connectivity index is 2.49. The van der Waals surface area contributed by atoms with Gasteiger partial charge in [0.15, 0.2) is 0 Å². The van der Waals surface area contributed by atoms with E-state index in [1.54, 1.807) is 0 Å². The van der Waals surface area contributed by atoms with E-state index >= 15 is 0 Å². The Morgan fingerprint density at radius 3 is 2.81 bits per heavy atom. The summed E-state index contributed by atoms with van der Waals surface area (Å²) >= 11 is 0. The molecule has 0 bridgehead atoms.